The van der Waals surface area contributed by atoms with Gasteiger partial charge in [0.15, 0.2) is 0 Å². The van der Waals surface area contributed by atoms with E-state index in [0.717, 1.165) is 16.0 Å². The highest BCUT2D eigenvalue weighted by Gasteiger charge is 2.32. The van der Waals surface area contributed by atoms with E-state index in [1.807, 2.05) is 72.1 Å². The zero-order valence-corrected chi connectivity index (χ0v) is 32.5. The first-order valence-corrected chi connectivity index (χ1v) is 19.4. The second-order valence-corrected chi connectivity index (χ2v) is 14.6. The molecule has 0 saturated heterocycles. The minimum absolute atomic E-state index is 0.0147. The zero-order chi connectivity index (χ0) is 40.7. The summed E-state index contributed by atoms with van der Waals surface area (Å²) in [6, 6.07) is 28.5. The van der Waals surface area contributed by atoms with Crippen LogP contribution in [0.4, 0.5) is 5.69 Å². The maximum absolute atomic E-state index is 14.3. The third kappa shape index (κ3) is 12.3. The molecule has 0 aliphatic carbocycles. The average molecular weight is 808 g/mol. The number of carboxylic acid groups (broad SMARTS) is 1. The molecule has 0 bridgehead atoms. The van der Waals surface area contributed by atoms with Gasteiger partial charge in [-0.15, -0.1) is 11.3 Å². The highest BCUT2D eigenvalue weighted by Crippen LogP contribution is 2.22. The van der Waals surface area contributed by atoms with Gasteiger partial charge in [0, 0.05) is 41.3 Å². The summed E-state index contributed by atoms with van der Waals surface area (Å²) in [5.41, 5.74) is 4.07. The van der Waals surface area contributed by atoms with Gasteiger partial charge < -0.3 is 31.7 Å². The van der Waals surface area contributed by atoms with E-state index in [4.69, 9.17) is 11.6 Å². The van der Waals surface area contributed by atoms with Crippen molar-refractivity contribution in [3.63, 3.8) is 0 Å². The van der Waals surface area contributed by atoms with Crippen molar-refractivity contribution in [2.24, 2.45) is 0 Å². The predicted molar refractivity (Wildman–Crippen MR) is 219 cm³/mol. The number of halogens is 1. The lowest BCUT2D eigenvalue weighted by Gasteiger charge is -2.26. The molecule has 0 saturated carbocycles. The summed E-state index contributed by atoms with van der Waals surface area (Å²) in [4.78, 5) is 78.7. The fourth-order valence-corrected chi connectivity index (χ4v) is 6.86. The van der Waals surface area contributed by atoms with E-state index in [9.17, 15) is 33.9 Å². The van der Waals surface area contributed by atoms with Gasteiger partial charge in [-0.05, 0) is 63.5 Å². The molecule has 12 nitrogen and oxygen atoms in total. The van der Waals surface area contributed by atoms with Crippen molar-refractivity contribution in [3.8, 4) is 11.1 Å². The first-order chi connectivity index (χ1) is 27.5. The van der Waals surface area contributed by atoms with Crippen LogP contribution in [0.3, 0.4) is 0 Å². The molecular formula is C43H42ClN5O7S. The van der Waals surface area contributed by atoms with Gasteiger partial charge in [0.2, 0.25) is 30.0 Å². The van der Waals surface area contributed by atoms with Crippen LogP contribution < -0.4 is 26.6 Å². The molecular weight excluding hydrogens is 766 g/mol. The number of anilines is 1. The molecule has 0 fully saturated rings. The van der Waals surface area contributed by atoms with E-state index >= 15 is 0 Å². The lowest BCUT2D eigenvalue weighted by atomic mass is 9.99. The van der Waals surface area contributed by atoms with E-state index in [1.54, 1.807) is 31.2 Å². The maximum atomic E-state index is 14.3. The van der Waals surface area contributed by atoms with E-state index in [2.05, 4.69) is 26.6 Å². The first-order valence-electron chi connectivity index (χ1n) is 18.2. The molecule has 14 heteroatoms. The molecule has 57 heavy (non-hydrogen) atoms. The van der Waals surface area contributed by atoms with Gasteiger partial charge in [-0.2, -0.15) is 0 Å². The summed E-state index contributed by atoms with van der Waals surface area (Å²) in [6.45, 7) is 1.72. The zero-order valence-electron chi connectivity index (χ0n) is 30.9. The molecule has 5 aromatic rings. The van der Waals surface area contributed by atoms with E-state index < -0.39 is 47.9 Å². The third-order valence-electron chi connectivity index (χ3n) is 9.07. The summed E-state index contributed by atoms with van der Waals surface area (Å²) in [5, 5.41) is 25.7. The van der Waals surface area contributed by atoms with Crippen LogP contribution in [0, 0.1) is 0 Å². The molecule has 5 amide bonds. The van der Waals surface area contributed by atoms with Crippen molar-refractivity contribution >= 4 is 64.6 Å². The Morgan fingerprint density at radius 3 is 1.86 bits per heavy atom. The Kier molecular flexibility index (Phi) is 15.1. The van der Waals surface area contributed by atoms with E-state index in [0.29, 0.717) is 40.2 Å². The van der Waals surface area contributed by atoms with Gasteiger partial charge in [0.05, 0.1) is 0 Å². The average Bonchev–Trinajstić information content (AvgIpc) is 3.74. The van der Waals surface area contributed by atoms with Gasteiger partial charge in [-0.1, -0.05) is 103 Å². The van der Waals surface area contributed by atoms with Crippen LogP contribution >= 0.6 is 22.9 Å². The maximum Gasteiger partial charge on any atom is 0.326 e. The van der Waals surface area contributed by atoms with Crippen LogP contribution in [-0.2, 0) is 48.0 Å². The van der Waals surface area contributed by atoms with Gasteiger partial charge in [-0.3, -0.25) is 24.0 Å². The molecule has 0 spiro atoms. The number of thiophene rings is 1. The molecule has 4 aromatic carbocycles. The quantitative estimate of drug-likeness (QED) is 0.0598. The minimum atomic E-state index is -1.40. The number of benzene rings is 4. The van der Waals surface area contributed by atoms with Crippen molar-refractivity contribution < 1.29 is 33.9 Å². The molecule has 0 radical (unpaired) electrons. The first kappa shape index (κ1) is 41.8. The van der Waals surface area contributed by atoms with Crippen LogP contribution in [0.1, 0.15) is 41.0 Å². The van der Waals surface area contributed by atoms with Crippen LogP contribution in [0.25, 0.3) is 11.1 Å². The highest BCUT2D eigenvalue weighted by molar-refractivity contribution is 7.09. The highest BCUT2D eigenvalue weighted by atomic mass is 35.5. The molecule has 294 valence electrons. The van der Waals surface area contributed by atoms with Gasteiger partial charge >= 0.3 is 5.97 Å². The number of carbonyl (C=O) groups excluding carboxylic acids is 5. The van der Waals surface area contributed by atoms with Gasteiger partial charge in [-0.25, -0.2) is 4.79 Å². The van der Waals surface area contributed by atoms with Gasteiger partial charge in [0.1, 0.15) is 24.2 Å². The number of hydrogen-bond donors (Lipinski definition) is 6. The summed E-state index contributed by atoms with van der Waals surface area (Å²) < 4.78 is 0. The number of carboxylic acids is 1. The molecule has 1 heterocycles. The topological polar surface area (TPSA) is 183 Å². The SMILES string of the molecule is CCC(=O)Nc1ccc(C[C@H](NC(=O)C(NC(=O)[C@H](Cc2ccc(-c3ccccc3)cc2)NC(=O)[C@@H](Cc2cccs2)NC=O)c2ccc(Cl)cc2)C(=O)O)cc1. The summed E-state index contributed by atoms with van der Waals surface area (Å²) in [5.74, 6) is -3.65. The Morgan fingerprint density at radius 1 is 0.667 bits per heavy atom. The van der Waals surface area contributed by atoms with Crippen LogP contribution in [0.15, 0.2) is 121 Å². The summed E-state index contributed by atoms with van der Waals surface area (Å²) in [7, 11) is 0. The number of hydrogen-bond acceptors (Lipinski definition) is 7. The Hall–Kier alpha value is -6.31. The number of nitrogens with one attached hydrogen (secondary N) is 5. The summed E-state index contributed by atoms with van der Waals surface area (Å²) >= 11 is 7.57. The second kappa shape index (κ2) is 20.6. The fraction of sp³-hybridized carbons (Fsp3) is 0.209. The van der Waals surface area contributed by atoms with E-state index in [-0.39, 0.29) is 25.2 Å². The fourth-order valence-electron chi connectivity index (χ4n) is 5.98. The Labute approximate surface area is 339 Å². The predicted octanol–water partition coefficient (Wildman–Crippen LogP) is 5.47. The molecule has 4 atom stereocenters. The number of carbonyl (C=O) groups is 6. The summed E-state index contributed by atoms with van der Waals surface area (Å²) in [6.07, 6.45) is 0.819. The monoisotopic (exact) mass is 807 g/mol. The van der Waals surface area contributed by atoms with Crippen molar-refractivity contribution in [2.45, 2.75) is 56.8 Å². The molecule has 0 aliphatic rings. The number of amides is 5. The van der Waals surface area contributed by atoms with E-state index in [1.165, 1.54) is 35.6 Å². The van der Waals surface area contributed by atoms with Crippen molar-refractivity contribution in [2.75, 3.05) is 5.32 Å². The Bertz CT molecular complexity index is 2130. The largest absolute Gasteiger partial charge is 0.480 e. The molecule has 1 aromatic heterocycles. The smallest absolute Gasteiger partial charge is 0.326 e. The lowest BCUT2D eigenvalue weighted by molar-refractivity contribution is -0.142. The molecule has 0 aliphatic heterocycles. The standard InChI is InChI=1S/C43H42ClN5O7S/c1-2-38(51)46-33-20-12-28(13-21-33)24-37(43(55)56)48-42(54)39(31-16-18-32(44)19-17-31)49-41(53)36(47-40(52)35(45-26-50)25-34-9-6-22-57-34)23-27-10-14-30(15-11-27)29-7-4-3-5-8-29/h3-22,26,35-37,39H,2,23-25H2,1H3,(H,45,50)(H,46,51)(H,47,52)(H,48,54)(H,49,53)(H,55,56)/t35-,36+,37+,39?/m1/s1. The van der Waals surface area contributed by atoms with Gasteiger partial charge in [0.25, 0.3) is 0 Å². The second-order valence-electron chi connectivity index (χ2n) is 13.1. The third-order valence-corrected chi connectivity index (χ3v) is 10.2. The van der Waals surface area contributed by atoms with Crippen LogP contribution in [0.2, 0.25) is 5.02 Å². The van der Waals surface area contributed by atoms with Crippen LogP contribution in [-0.4, -0.2) is 59.2 Å². The van der Waals surface area contributed by atoms with Crippen molar-refractivity contribution in [1.29, 1.82) is 0 Å². The molecule has 6 N–H and O–H groups in total. The number of rotatable bonds is 19. The lowest BCUT2D eigenvalue weighted by Crippen LogP contribution is -2.56. The molecule has 5 rings (SSSR count). The number of aliphatic carboxylic acids is 1. The Balaban J connectivity index is 1.40. The Morgan fingerprint density at radius 2 is 1.26 bits per heavy atom. The van der Waals surface area contributed by atoms with Crippen molar-refractivity contribution in [1.82, 2.24) is 21.3 Å². The van der Waals surface area contributed by atoms with Crippen molar-refractivity contribution in [3.05, 3.63) is 147 Å². The molecule has 1 unspecified atom stereocenters. The minimum Gasteiger partial charge on any atom is -0.480 e. The normalized spacial score (nSPS) is 12.9. The van der Waals surface area contributed by atoms with Crippen LogP contribution in [0.5, 0.6) is 0 Å².